The molecule has 100 valence electrons. The van der Waals surface area contributed by atoms with Crippen molar-refractivity contribution >= 4 is 51.0 Å². The smallest absolute Gasteiger partial charge is 0.106 e. The maximum atomic E-state index is 5.78. The van der Waals surface area contributed by atoms with Crippen LogP contribution in [-0.4, -0.2) is 14.5 Å². The van der Waals surface area contributed by atoms with Crippen LogP contribution in [0.15, 0.2) is 42.2 Å². The second kappa shape index (κ2) is 5.40. The zero-order valence-electron chi connectivity index (χ0n) is 10.4. The predicted molar refractivity (Wildman–Crippen MR) is 89.9 cm³/mol. The van der Waals surface area contributed by atoms with Crippen molar-refractivity contribution in [1.29, 1.82) is 0 Å². The Morgan fingerprint density at radius 2 is 2.05 bits per heavy atom. The Bertz CT molecular complexity index is 834. The number of pyridine rings is 2. The highest BCUT2D eigenvalue weighted by molar-refractivity contribution is 7.80. The molecule has 0 amide bonds. The van der Waals surface area contributed by atoms with E-state index in [1.807, 2.05) is 29.8 Å². The van der Waals surface area contributed by atoms with Gasteiger partial charge in [-0.1, -0.05) is 24.4 Å². The summed E-state index contributed by atoms with van der Waals surface area (Å²) in [5.41, 5.74) is 7.71. The van der Waals surface area contributed by atoms with Crippen LogP contribution in [0.5, 0.6) is 0 Å². The van der Waals surface area contributed by atoms with Crippen LogP contribution in [0.3, 0.4) is 0 Å². The molecule has 0 saturated carbocycles. The molecule has 3 nitrogen and oxygen atoms in total. The van der Waals surface area contributed by atoms with Crippen LogP contribution in [0, 0.1) is 4.51 Å². The fourth-order valence-corrected chi connectivity index (χ4v) is 3.59. The number of nitrogens with zero attached hydrogens (tertiary/aromatic N) is 2. The van der Waals surface area contributed by atoms with Crippen LogP contribution >= 0.6 is 35.8 Å². The average molecular weight is 317 g/mol. The lowest BCUT2D eigenvalue weighted by molar-refractivity contribution is 0.829. The third-order valence-corrected chi connectivity index (χ3v) is 4.66. The summed E-state index contributed by atoms with van der Waals surface area (Å²) in [4.78, 5) is 5.51. The molecule has 2 N–H and O–H groups in total. The molecule has 0 aliphatic rings. The van der Waals surface area contributed by atoms with Gasteiger partial charge in [0, 0.05) is 36.1 Å². The van der Waals surface area contributed by atoms with E-state index >= 15 is 0 Å². The van der Waals surface area contributed by atoms with Gasteiger partial charge in [-0.25, -0.2) is 0 Å². The molecule has 0 saturated heterocycles. The summed E-state index contributed by atoms with van der Waals surface area (Å²) in [6.07, 6.45) is 5.53. The third-order valence-electron chi connectivity index (χ3n) is 3.05. The molecule has 0 aromatic carbocycles. The normalized spacial score (nSPS) is 10.8. The molecule has 0 atom stereocenters. The maximum absolute atomic E-state index is 5.78. The number of nitrogens with two attached hydrogens (primary N) is 1. The van der Waals surface area contributed by atoms with E-state index in [4.69, 9.17) is 30.2 Å². The van der Waals surface area contributed by atoms with Crippen molar-refractivity contribution < 1.29 is 0 Å². The molecule has 0 fully saturated rings. The van der Waals surface area contributed by atoms with Crippen molar-refractivity contribution in [2.45, 2.75) is 6.54 Å². The first-order chi connectivity index (χ1) is 9.66. The number of hydrogen-bond donors (Lipinski definition) is 1. The van der Waals surface area contributed by atoms with Gasteiger partial charge < -0.3 is 10.3 Å². The van der Waals surface area contributed by atoms with Crippen LogP contribution in [-0.2, 0) is 6.54 Å². The van der Waals surface area contributed by atoms with Gasteiger partial charge >= 0.3 is 0 Å². The fraction of sp³-hybridized carbons (Fsp3) is 0.0714. The quantitative estimate of drug-likeness (QED) is 0.751. The largest absolute Gasteiger partial charge is 0.389 e. The molecule has 3 aromatic heterocycles. The van der Waals surface area contributed by atoms with Gasteiger partial charge in [0.05, 0.1) is 4.51 Å². The zero-order valence-corrected chi connectivity index (χ0v) is 12.9. The minimum Gasteiger partial charge on any atom is -0.389 e. The third kappa shape index (κ3) is 2.37. The molecule has 0 radical (unpaired) electrons. The van der Waals surface area contributed by atoms with E-state index in [0.29, 0.717) is 4.99 Å². The van der Waals surface area contributed by atoms with E-state index in [-0.39, 0.29) is 0 Å². The lowest BCUT2D eigenvalue weighted by Crippen LogP contribution is -2.13. The molecular weight excluding hydrogens is 306 g/mol. The minimum absolute atomic E-state index is 0.339. The molecule has 3 rings (SSSR count). The molecule has 0 bridgehead atoms. The highest BCUT2D eigenvalue weighted by Crippen LogP contribution is 2.25. The number of fused-ring (bicyclic) bond motifs is 1. The van der Waals surface area contributed by atoms with Gasteiger partial charge in [0.2, 0.25) is 0 Å². The first-order valence-electron chi connectivity index (χ1n) is 5.96. The first kappa shape index (κ1) is 13.4. The van der Waals surface area contributed by atoms with Gasteiger partial charge in [-0.2, -0.15) is 0 Å². The Labute approximate surface area is 130 Å². The molecule has 0 unspecified atom stereocenters. The average Bonchev–Trinajstić information content (AvgIpc) is 2.93. The second-order valence-corrected chi connectivity index (χ2v) is 6.10. The molecule has 6 heteroatoms. The van der Waals surface area contributed by atoms with E-state index in [1.54, 1.807) is 23.7 Å². The number of thiocarbonyl (C=S) groups is 1. The standard InChI is InChI=1S/C14H11N3S3/c15-13(19)11-8-17(7-9-1-4-16-5-2-9)14-10(12(11)18)3-6-20-14/h1-6,8H,7H2,(H2,15,19). The van der Waals surface area contributed by atoms with Crippen molar-refractivity contribution in [1.82, 2.24) is 9.55 Å². The Morgan fingerprint density at radius 1 is 1.30 bits per heavy atom. The number of rotatable bonds is 3. The summed E-state index contributed by atoms with van der Waals surface area (Å²) in [5.74, 6) is 0. The highest BCUT2D eigenvalue weighted by Gasteiger charge is 2.09. The number of hydrogen-bond acceptors (Lipinski definition) is 4. The second-order valence-electron chi connectivity index (χ2n) is 4.36. The molecule has 0 aliphatic heterocycles. The molecule has 3 aromatic rings. The molecule has 3 heterocycles. The summed E-state index contributed by atoms with van der Waals surface area (Å²) in [6.45, 7) is 0.741. The van der Waals surface area contributed by atoms with E-state index < -0.39 is 0 Å². The Balaban J connectivity index is 2.20. The van der Waals surface area contributed by atoms with Crippen molar-refractivity contribution in [3.63, 3.8) is 0 Å². The van der Waals surface area contributed by atoms with Crippen LogP contribution in [0.2, 0.25) is 0 Å². The van der Waals surface area contributed by atoms with Crippen molar-refractivity contribution in [2.24, 2.45) is 5.73 Å². The van der Waals surface area contributed by atoms with Gasteiger partial charge in [-0.05, 0) is 29.1 Å². The van der Waals surface area contributed by atoms with Crippen molar-refractivity contribution in [3.05, 3.63) is 57.8 Å². The lowest BCUT2D eigenvalue weighted by atomic mass is 10.2. The maximum Gasteiger partial charge on any atom is 0.106 e. The van der Waals surface area contributed by atoms with Gasteiger partial charge in [-0.15, -0.1) is 11.3 Å². The SMILES string of the molecule is NC(=S)c1cn(Cc2ccncc2)c2sccc2c1=S. The van der Waals surface area contributed by atoms with E-state index in [2.05, 4.69) is 9.55 Å². The summed E-state index contributed by atoms with van der Waals surface area (Å²) in [6, 6.07) is 6.01. The van der Waals surface area contributed by atoms with Gasteiger partial charge in [-0.3, -0.25) is 4.98 Å². The summed E-state index contributed by atoms with van der Waals surface area (Å²) >= 11 is 12.2. The van der Waals surface area contributed by atoms with Crippen LogP contribution < -0.4 is 5.73 Å². The van der Waals surface area contributed by atoms with Crippen LogP contribution in [0.4, 0.5) is 0 Å². The summed E-state index contributed by atoms with van der Waals surface area (Å²) < 4.78 is 2.87. The van der Waals surface area contributed by atoms with Crippen LogP contribution in [0.1, 0.15) is 11.1 Å². The lowest BCUT2D eigenvalue weighted by Gasteiger charge is -2.11. The Morgan fingerprint density at radius 3 is 2.75 bits per heavy atom. The van der Waals surface area contributed by atoms with Crippen molar-refractivity contribution in [2.75, 3.05) is 0 Å². The highest BCUT2D eigenvalue weighted by atomic mass is 32.1. The molecule has 0 spiro atoms. The van der Waals surface area contributed by atoms with Gasteiger partial charge in [0.15, 0.2) is 0 Å². The topological polar surface area (TPSA) is 43.8 Å². The fourth-order valence-electron chi connectivity index (χ4n) is 2.09. The predicted octanol–water partition coefficient (Wildman–Crippen LogP) is 3.51. The Kier molecular flexibility index (Phi) is 3.60. The number of thiophene rings is 1. The van der Waals surface area contributed by atoms with Gasteiger partial charge in [0.1, 0.15) is 9.82 Å². The summed E-state index contributed by atoms with van der Waals surface area (Å²) in [7, 11) is 0. The summed E-state index contributed by atoms with van der Waals surface area (Å²) in [5, 5.41) is 3.07. The van der Waals surface area contributed by atoms with E-state index in [1.165, 1.54) is 5.56 Å². The zero-order chi connectivity index (χ0) is 14.1. The first-order valence-corrected chi connectivity index (χ1v) is 7.66. The van der Waals surface area contributed by atoms with E-state index in [0.717, 1.165) is 26.8 Å². The molecule has 20 heavy (non-hydrogen) atoms. The molecular formula is C14H11N3S3. The Hall–Kier alpha value is -1.63. The van der Waals surface area contributed by atoms with Gasteiger partial charge in [0.25, 0.3) is 0 Å². The minimum atomic E-state index is 0.339. The monoisotopic (exact) mass is 317 g/mol. The molecule has 0 aliphatic carbocycles. The van der Waals surface area contributed by atoms with Crippen LogP contribution in [0.25, 0.3) is 10.2 Å². The van der Waals surface area contributed by atoms with E-state index in [9.17, 15) is 0 Å². The number of aromatic nitrogens is 2. The van der Waals surface area contributed by atoms with Crippen molar-refractivity contribution in [3.8, 4) is 0 Å².